The molecule has 2 fully saturated rings. The third kappa shape index (κ3) is 4.89. The number of hydrogen-bond donors (Lipinski definition) is 1. The zero-order chi connectivity index (χ0) is 17.5. The van der Waals surface area contributed by atoms with Gasteiger partial charge in [-0.3, -0.25) is 0 Å². The van der Waals surface area contributed by atoms with Crippen molar-refractivity contribution in [1.82, 2.24) is 4.98 Å². The molecule has 0 bridgehead atoms. The van der Waals surface area contributed by atoms with E-state index in [0.717, 1.165) is 44.5 Å². The maximum atomic E-state index is 10.6. The summed E-state index contributed by atoms with van der Waals surface area (Å²) in [5.41, 5.74) is 0.411. The predicted molar refractivity (Wildman–Crippen MR) is 92.7 cm³/mol. The summed E-state index contributed by atoms with van der Waals surface area (Å²) in [7, 11) is 0. The average Bonchev–Trinajstić information content (AvgIpc) is 3.45. The van der Waals surface area contributed by atoms with Crippen LogP contribution in [0.5, 0.6) is 0 Å². The van der Waals surface area contributed by atoms with Gasteiger partial charge in [-0.25, -0.2) is 0 Å². The van der Waals surface area contributed by atoms with Crippen molar-refractivity contribution < 1.29 is 10.0 Å². The van der Waals surface area contributed by atoms with Crippen LogP contribution in [0.3, 0.4) is 0 Å². The summed E-state index contributed by atoms with van der Waals surface area (Å²) in [4.78, 5) is 16.0. The number of piperidine rings is 1. The fourth-order valence-electron chi connectivity index (χ4n) is 2.85. The molecule has 3 rings (SSSR count). The molecule has 6 nitrogen and oxygen atoms in total. The molecule has 1 aliphatic carbocycles. The van der Waals surface area contributed by atoms with Gasteiger partial charge in [0.15, 0.2) is 6.20 Å². The lowest BCUT2D eigenvalue weighted by Gasteiger charge is -2.39. The van der Waals surface area contributed by atoms with E-state index in [1.165, 1.54) is 6.07 Å². The Morgan fingerprint density at radius 3 is 2.17 bits per heavy atom. The zero-order valence-corrected chi connectivity index (χ0v) is 14.7. The van der Waals surface area contributed by atoms with Gasteiger partial charge in [0.25, 0.3) is 0 Å². The maximum absolute atomic E-state index is 10.6. The maximum Gasteiger partial charge on any atom is 0.363 e. The highest BCUT2D eigenvalue weighted by atomic mass is 16.6. The lowest BCUT2D eigenvalue weighted by Crippen LogP contribution is -2.45. The fraction of sp³-hybridized carbons (Fsp3) is 0.706. The molecular weight excluding hydrogens is 294 g/mol. The standard InChI is InChI=1S/C13H17N3O3.2C2H6/c17-13(10-1-2-10)5-7-15(8-6-13)11-3-4-12(14-9-11)16(18)19;2*1-2/h3-4,9-10,17H,1-2,5-8H2;2*1-2H3. The minimum Gasteiger partial charge on any atom is -0.389 e. The van der Waals surface area contributed by atoms with Crippen LogP contribution in [0.2, 0.25) is 0 Å². The van der Waals surface area contributed by atoms with Crippen LogP contribution in [-0.4, -0.2) is 33.7 Å². The molecular formula is C17H29N3O3. The fourth-order valence-corrected chi connectivity index (χ4v) is 2.85. The highest BCUT2D eigenvalue weighted by molar-refractivity contribution is 5.47. The van der Waals surface area contributed by atoms with Gasteiger partial charge < -0.3 is 20.1 Å². The van der Waals surface area contributed by atoms with Gasteiger partial charge in [0.05, 0.1) is 11.3 Å². The summed E-state index contributed by atoms with van der Waals surface area (Å²) in [6, 6.07) is 3.16. The summed E-state index contributed by atoms with van der Waals surface area (Å²) in [6.07, 6.45) is 5.38. The van der Waals surface area contributed by atoms with Crippen molar-refractivity contribution in [1.29, 1.82) is 0 Å². The summed E-state index contributed by atoms with van der Waals surface area (Å²) >= 11 is 0. The molecule has 2 heterocycles. The van der Waals surface area contributed by atoms with Gasteiger partial charge >= 0.3 is 5.82 Å². The zero-order valence-electron chi connectivity index (χ0n) is 14.7. The first-order valence-electron chi connectivity index (χ1n) is 8.66. The number of pyridine rings is 1. The van der Waals surface area contributed by atoms with E-state index in [0.29, 0.717) is 5.92 Å². The van der Waals surface area contributed by atoms with Crippen LogP contribution in [0.4, 0.5) is 11.5 Å². The second kappa shape index (κ2) is 8.82. The first-order chi connectivity index (χ1) is 11.1. The number of nitrogens with zero attached hydrogens (tertiary/aromatic N) is 3. The topological polar surface area (TPSA) is 79.5 Å². The summed E-state index contributed by atoms with van der Waals surface area (Å²) < 4.78 is 0. The second-order valence-electron chi connectivity index (χ2n) is 5.50. The highest BCUT2D eigenvalue weighted by Gasteiger charge is 2.45. The summed E-state index contributed by atoms with van der Waals surface area (Å²) in [6.45, 7) is 9.57. The van der Waals surface area contributed by atoms with E-state index in [9.17, 15) is 15.2 Å². The molecule has 0 aromatic carbocycles. The van der Waals surface area contributed by atoms with Crippen LogP contribution in [0.15, 0.2) is 18.3 Å². The third-order valence-corrected chi connectivity index (χ3v) is 4.25. The number of aliphatic hydroxyl groups is 1. The molecule has 1 saturated carbocycles. The van der Waals surface area contributed by atoms with E-state index < -0.39 is 10.5 Å². The summed E-state index contributed by atoms with van der Waals surface area (Å²) in [5.74, 6) is 0.361. The molecule has 1 aromatic rings. The van der Waals surface area contributed by atoms with E-state index in [2.05, 4.69) is 9.88 Å². The minimum atomic E-state index is -0.494. The van der Waals surface area contributed by atoms with E-state index >= 15 is 0 Å². The Hall–Kier alpha value is -1.69. The lowest BCUT2D eigenvalue weighted by atomic mass is 9.86. The third-order valence-electron chi connectivity index (χ3n) is 4.25. The molecule has 1 N–H and O–H groups in total. The van der Waals surface area contributed by atoms with Crippen LogP contribution in [0, 0.1) is 16.0 Å². The second-order valence-corrected chi connectivity index (χ2v) is 5.50. The Morgan fingerprint density at radius 2 is 1.78 bits per heavy atom. The van der Waals surface area contributed by atoms with Crippen molar-refractivity contribution in [3.05, 3.63) is 28.4 Å². The quantitative estimate of drug-likeness (QED) is 0.676. The number of hydrogen-bond acceptors (Lipinski definition) is 5. The molecule has 0 atom stereocenters. The van der Waals surface area contributed by atoms with Gasteiger partial charge in [-0.15, -0.1) is 0 Å². The average molecular weight is 323 g/mol. The van der Waals surface area contributed by atoms with E-state index in [1.807, 2.05) is 27.7 Å². The van der Waals surface area contributed by atoms with Gasteiger partial charge in [0.1, 0.15) is 0 Å². The Labute approximate surface area is 138 Å². The van der Waals surface area contributed by atoms with Crippen molar-refractivity contribution >= 4 is 11.5 Å². The predicted octanol–water partition coefficient (Wildman–Crippen LogP) is 3.78. The van der Waals surface area contributed by atoms with Crippen LogP contribution in [0.1, 0.15) is 53.4 Å². The molecule has 1 saturated heterocycles. The van der Waals surface area contributed by atoms with Gasteiger partial charge in [-0.1, -0.05) is 27.7 Å². The van der Waals surface area contributed by atoms with Crippen molar-refractivity contribution in [3.8, 4) is 0 Å². The number of nitro groups is 1. The number of rotatable bonds is 3. The minimum absolute atomic E-state index is 0.129. The number of aromatic nitrogens is 1. The van der Waals surface area contributed by atoms with Crippen LogP contribution in [0.25, 0.3) is 0 Å². The summed E-state index contributed by atoms with van der Waals surface area (Å²) in [5, 5.41) is 21.0. The number of anilines is 1. The van der Waals surface area contributed by atoms with Gasteiger partial charge in [-0.05, 0) is 47.6 Å². The largest absolute Gasteiger partial charge is 0.389 e. The normalized spacial score (nSPS) is 18.9. The first-order valence-corrected chi connectivity index (χ1v) is 8.66. The van der Waals surface area contributed by atoms with Gasteiger partial charge in [0, 0.05) is 19.2 Å². The Balaban J connectivity index is 0.000000615. The van der Waals surface area contributed by atoms with Crippen LogP contribution >= 0.6 is 0 Å². The van der Waals surface area contributed by atoms with Crippen molar-refractivity contribution in [2.24, 2.45) is 5.92 Å². The molecule has 1 aromatic heterocycles. The Kier molecular flexibility index (Phi) is 7.42. The van der Waals surface area contributed by atoms with Gasteiger partial charge in [-0.2, -0.15) is 0 Å². The molecule has 0 unspecified atom stereocenters. The molecule has 23 heavy (non-hydrogen) atoms. The van der Waals surface area contributed by atoms with Crippen LogP contribution in [-0.2, 0) is 0 Å². The Bertz CT molecular complexity index is 478. The van der Waals surface area contributed by atoms with Crippen LogP contribution < -0.4 is 4.90 Å². The SMILES string of the molecule is CC.CC.O=[N+]([O-])c1ccc(N2CCC(O)(C3CC3)CC2)cn1. The molecule has 130 valence electrons. The van der Waals surface area contributed by atoms with Gasteiger partial charge in [0.2, 0.25) is 0 Å². The lowest BCUT2D eigenvalue weighted by molar-refractivity contribution is -0.389. The first kappa shape index (κ1) is 19.4. The molecule has 0 amide bonds. The Morgan fingerprint density at radius 1 is 1.22 bits per heavy atom. The molecule has 0 spiro atoms. The highest BCUT2D eigenvalue weighted by Crippen LogP contribution is 2.45. The van der Waals surface area contributed by atoms with E-state index in [4.69, 9.17) is 0 Å². The molecule has 2 aliphatic rings. The van der Waals surface area contributed by atoms with Crippen molar-refractivity contribution in [2.75, 3.05) is 18.0 Å². The van der Waals surface area contributed by atoms with E-state index in [1.54, 1.807) is 12.3 Å². The molecule has 0 radical (unpaired) electrons. The van der Waals surface area contributed by atoms with Crippen molar-refractivity contribution in [2.45, 2.75) is 59.0 Å². The van der Waals surface area contributed by atoms with E-state index in [-0.39, 0.29) is 5.82 Å². The smallest absolute Gasteiger partial charge is 0.363 e. The molecule has 6 heteroatoms. The monoisotopic (exact) mass is 323 g/mol. The van der Waals surface area contributed by atoms with Crippen molar-refractivity contribution in [3.63, 3.8) is 0 Å². The molecule has 1 aliphatic heterocycles.